The van der Waals surface area contributed by atoms with Crippen LogP contribution in [0.15, 0.2) is 67.0 Å². The second-order valence-corrected chi connectivity index (χ2v) is 7.21. The Morgan fingerprint density at radius 2 is 1.94 bits per heavy atom. The average Bonchev–Trinajstić information content (AvgIpc) is 3.23. The van der Waals surface area contributed by atoms with Crippen molar-refractivity contribution < 1.29 is 14.3 Å². The second-order valence-electron chi connectivity index (χ2n) is 7.21. The summed E-state index contributed by atoms with van der Waals surface area (Å²) < 4.78 is 11.2. The Hall–Kier alpha value is -3.49. The molecule has 2 aromatic heterocycles. The van der Waals surface area contributed by atoms with Gasteiger partial charge in [0.1, 0.15) is 17.1 Å². The second kappa shape index (κ2) is 10.0. The molecule has 3 aromatic rings. The quantitative estimate of drug-likeness (QED) is 0.575. The van der Waals surface area contributed by atoms with E-state index in [4.69, 9.17) is 9.47 Å². The number of hydrogen-bond donors (Lipinski definition) is 2. The highest BCUT2D eigenvalue weighted by Crippen LogP contribution is 2.26. The van der Waals surface area contributed by atoms with Crippen LogP contribution in [0, 0.1) is 0 Å². The van der Waals surface area contributed by atoms with E-state index in [9.17, 15) is 4.79 Å². The molecule has 8 nitrogen and oxygen atoms in total. The fraction of sp³-hybridized carbons (Fsp3) is 0.261. The van der Waals surface area contributed by atoms with Gasteiger partial charge < -0.3 is 14.8 Å². The van der Waals surface area contributed by atoms with Crippen LogP contribution in [0.4, 0.5) is 11.5 Å². The zero-order valence-corrected chi connectivity index (χ0v) is 17.3. The van der Waals surface area contributed by atoms with Crippen molar-refractivity contribution >= 4 is 17.4 Å². The Balaban J connectivity index is 1.43. The van der Waals surface area contributed by atoms with Crippen LogP contribution < -0.4 is 15.5 Å². The number of anilines is 2. The molecule has 1 atom stereocenters. The standard InChI is InChI=1S/C23H25N5O3/c1-30-16-18-6-5-15-28(18)27-22(29)20-7-4-14-25-23(20)31-19-11-9-17(10-12-19)26-21-8-2-3-13-24-21/h2-4,7-14,18H,5-6,15-16H2,1H3,(H,24,26)(H,27,29)/t18-/m0/s1. The van der Waals surface area contributed by atoms with Gasteiger partial charge in [0.15, 0.2) is 0 Å². The molecule has 1 amide bonds. The molecule has 0 unspecified atom stereocenters. The Kier molecular flexibility index (Phi) is 6.71. The molecular formula is C23H25N5O3. The van der Waals surface area contributed by atoms with Crippen molar-refractivity contribution in [3.63, 3.8) is 0 Å². The smallest absolute Gasteiger partial charge is 0.271 e. The van der Waals surface area contributed by atoms with Gasteiger partial charge >= 0.3 is 0 Å². The van der Waals surface area contributed by atoms with Crippen molar-refractivity contribution in [3.05, 3.63) is 72.6 Å². The summed E-state index contributed by atoms with van der Waals surface area (Å²) in [7, 11) is 1.67. The number of ether oxygens (including phenoxy) is 2. The lowest BCUT2D eigenvalue weighted by molar-refractivity contribution is 0.0609. The molecule has 2 N–H and O–H groups in total. The first-order valence-corrected chi connectivity index (χ1v) is 10.2. The first-order valence-electron chi connectivity index (χ1n) is 10.2. The minimum Gasteiger partial charge on any atom is -0.438 e. The molecule has 1 aliphatic heterocycles. The van der Waals surface area contributed by atoms with Crippen LogP contribution in [0.5, 0.6) is 11.6 Å². The maximum atomic E-state index is 12.9. The van der Waals surface area contributed by atoms with Crippen LogP contribution in [-0.2, 0) is 4.74 Å². The number of amides is 1. The van der Waals surface area contributed by atoms with Crippen molar-refractivity contribution in [2.45, 2.75) is 18.9 Å². The first kappa shape index (κ1) is 20.8. The Labute approximate surface area is 181 Å². The molecule has 31 heavy (non-hydrogen) atoms. The zero-order valence-electron chi connectivity index (χ0n) is 17.3. The largest absolute Gasteiger partial charge is 0.438 e. The fourth-order valence-electron chi connectivity index (χ4n) is 3.49. The van der Waals surface area contributed by atoms with E-state index in [2.05, 4.69) is 20.7 Å². The Bertz CT molecular complexity index is 998. The highest BCUT2D eigenvalue weighted by Gasteiger charge is 2.27. The van der Waals surface area contributed by atoms with E-state index < -0.39 is 0 Å². The Morgan fingerprint density at radius 1 is 1.10 bits per heavy atom. The van der Waals surface area contributed by atoms with Gasteiger partial charge in [-0.3, -0.25) is 10.2 Å². The normalized spacial score (nSPS) is 16.1. The summed E-state index contributed by atoms with van der Waals surface area (Å²) >= 11 is 0. The SMILES string of the molecule is COC[C@@H]1CCCN1NC(=O)c1cccnc1Oc1ccc(Nc2ccccn2)cc1. The number of pyridine rings is 2. The Morgan fingerprint density at radius 3 is 2.71 bits per heavy atom. The summed E-state index contributed by atoms with van der Waals surface area (Å²) in [6.07, 6.45) is 5.34. The minimum absolute atomic E-state index is 0.175. The van der Waals surface area contributed by atoms with E-state index in [0.717, 1.165) is 30.9 Å². The van der Waals surface area contributed by atoms with E-state index in [-0.39, 0.29) is 17.8 Å². The van der Waals surface area contributed by atoms with Gasteiger partial charge in [0, 0.05) is 31.7 Å². The topological polar surface area (TPSA) is 88.6 Å². The maximum Gasteiger partial charge on any atom is 0.271 e. The van der Waals surface area contributed by atoms with E-state index in [0.29, 0.717) is 17.9 Å². The van der Waals surface area contributed by atoms with Gasteiger partial charge in [0.2, 0.25) is 5.88 Å². The van der Waals surface area contributed by atoms with E-state index in [1.807, 2.05) is 47.5 Å². The molecule has 0 saturated carbocycles. The minimum atomic E-state index is -0.250. The molecule has 3 heterocycles. The zero-order chi connectivity index (χ0) is 21.5. The monoisotopic (exact) mass is 419 g/mol. The number of nitrogens with one attached hydrogen (secondary N) is 2. The number of methoxy groups -OCH3 is 1. The third-order valence-corrected chi connectivity index (χ3v) is 5.00. The number of carbonyl (C=O) groups excluding carboxylic acids is 1. The summed E-state index contributed by atoms with van der Waals surface area (Å²) in [6, 6.07) is 16.7. The summed E-state index contributed by atoms with van der Waals surface area (Å²) in [6.45, 7) is 1.37. The number of carbonyl (C=O) groups is 1. The van der Waals surface area contributed by atoms with Gasteiger partial charge in [-0.05, 0) is 61.4 Å². The maximum absolute atomic E-state index is 12.9. The molecular weight excluding hydrogens is 394 g/mol. The molecule has 4 rings (SSSR count). The van der Waals surface area contributed by atoms with Crippen LogP contribution in [-0.4, -0.2) is 47.2 Å². The van der Waals surface area contributed by atoms with Crippen molar-refractivity contribution in [2.24, 2.45) is 0 Å². The lowest BCUT2D eigenvalue weighted by Gasteiger charge is -2.24. The molecule has 1 fully saturated rings. The molecule has 8 heteroatoms. The molecule has 1 aliphatic rings. The molecule has 160 valence electrons. The molecule has 1 aromatic carbocycles. The molecule has 0 aliphatic carbocycles. The van der Waals surface area contributed by atoms with E-state index in [1.165, 1.54) is 0 Å². The fourth-order valence-corrected chi connectivity index (χ4v) is 3.49. The molecule has 0 radical (unpaired) electrons. The summed E-state index contributed by atoms with van der Waals surface area (Å²) in [5.41, 5.74) is 4.22. The lowest BCUT2D eigenvalue weighted by Crippen LogP contribution is -2.46. The third-order valence-electron chi connectivity index (χ3n) is 5.00. The van der Waals surface area contributed by atoms with E-state index in [1.54, 1.807) is 31.6 Å². The van der Waals surface area contributed by atoms with Crippen molar-refractivity contribution in [3.8, 4) is 11.6 Å². The van der Waals surface area contributed by atoms with Crippen LogP contribution >= 0.6 is 0 Å². The van der Waals surface area contributed by atoms with Gasteiger partial charge in [-0.25, -0.2) is 15.0 Å². The number of hydrazine groups is 1. The molecule has 0 spiro atoms. The van der Waals surface area contributed by atoms with Crippen LogP contribution in [0.2, 0.25) is 0 Å². The lowest BCUT2D eigenvalue weighted by atomic mass is 10.2. The van der Waals surface area contributed by atoms with Crippen LogP contribution in [0.25, 0.3) is 0 Å². The van der Waals surface area contributed by atoms with Crippen LogP contribution in [0.3, 0.4) is 0 Å². The van der Waals surface area contributed by atoms with Crippen molar-refractivity contribution in [1.82, 2.24) is 20.4 Å². The van der Waals surface area contributed by atoms with Crippen molar-refractivity contribution in [1.29, 1.82) is 0 Å². The summed E-state index contributed by atoms with van der Waals surface area (Å²) in [5.74, 6) is 1.35. The van der Waals surface area contributed by atoms with Crippen molar-refractivity contribution in [2.75, 3.05) is 25.6 Å². The number of hydrogen-bond acceptors (Lipinski definition) is 7. The molecule has 1 saturated heterocycles. The van der Waals surface area contributed by atoms with Gasteiger partial charge in [-0.2, -0.15) is 0 Å². The summed E-state index contributed by atoms with van der Waals surface area (Å²) in [4.78, 5) is 21.4. The average molecular weight is 419 g/mol. The van der Waals surface area contributed by atoms with Gasteiger partial charge in [0.25, 0.3) is 5.91 Å². The van der Waals surface area contributed by atoms with Gasteiger partial charge in [-0.1, -0.05) is 6.07 Å². The van der Waals surface area contributed by atoms with Gasteiger partial charge in [0.05, 0.1) is 12.6 Å². The van der Waals surface area contributed by atoms with Gasteiger partial charge in [-0.15, -0.1) is 0 Å². The number of aromatic nitrogens is 2. The number of rotatable bonds is 8. The highest BCUT2D eigenvalue weighted by atomic mass is 16.5. The van der Waals surface area contributed by atoms with Crippen LogP contribution in [0.1, 0.15) is 23.2 Å². The highest BCUT2D eigenvalue weighted by molar-refractivity contribution is 5.96. The predicted molar refractivity (Wildman–Crippen MR) is 117 cm³/mol. The summed E-state index contributed by atoms with van der Waals surface area (Å²) in [5, 5.41) is 5.15. The number of nitrogens with zero attached hydrogens (tertiary/aromatic N) is 3. The molecule has 0 bridgehead atoms. The predicted octanol–water partition coefficient (Wildman–Crippen LogP) is 3.77. The third kappa shape index (κ3) is 5.36. The van der Waals surface area contributed by atoms with E-state index >= 15 is 0 Å². The first-order chi connectivity index (χ1) is 15.2. The number of benzene rings is 1.